The van der Waals surface area contributed by atoms with E-state index < -0.39 is 5.41 Å². The van der Waals surface area contributed by atoms with Crippen LogP contribution in [0.1, 0.15) is 39.2 Å². The van der Waals surface area contributed by atoms with Crippen molar-refractivity contribution in [1.82, 2.24) is 9.80 Å². The normalized spacial score (nSPS) is 17.4. The summed E-state index contributed by atoms with van der Waals surface area (Å²) in [6.07, 6.45) is 1.80. The number of halogens is 2. The van der Waals surface area contributed by atoms with Gasteiger partial charge in [0.05, 0.1) is 11.8 Å². The van der Waals surface area contributed by atoms with Gasteiger partial charge < -0.3 is 15.5 Å². The molecule has 0 spiro atoms. The highest BCUT2D eigenvalue weighted by Crippen LogP contribution is 2.29. The number of amides is 2. The van der Waals surface area contributed by atoms with Crippen LogP contribution in [-0.2, 0) is 16.0 Å². The summed E-state index contributed by atoms with van der Waals surface area (Å²) in [7, 11) is 0. The number of rotatable bonds is 6. The summed E-state index contributed by atoms with van der Waals surface area (Å²) < 4.78 is 0. The van der Waals surface area contributed by atoms with Crippen LogP contribution in [0, 0.1) is 5.41 Å². The molecule has 152 valence electrons. The second kappa shape index (κ2) is 10.3. The van der Waals surface area contributed by atoms with Crippen molar-refractivity contribution < 1.29 is 9.59 Å². The van der Waals surface area contributed by atoms with Crippen molar-refractivity contribution in [1.29, 1.82) is 0 Å². The monoisotopic (exact) mass is 415 g/mol. The standard InChI is InChI=1S/C20H30ClN3O2.ClH/c1-4-20(5-2,14-22)19(26)23-9-10-24(15(3)13-23)18(25)12-16-7-6-8-17(21)11-16;/h6-8,11,15H,4-5,9-10,12-14,22H2,1-3H3;1H. The molecule has 1 atom stereocenters. The predicted molar refractivity (Wildman–Crippen MR) is 112 cm³/mol. The van der Waals surface area contributed by atoms with E-state index in [4.69, 9.17) is 17.3 Å². The quantitative estimate of drug-likeness (QED) is 0.775. The molecule has 1 aromatic carbocycles. The Bertz CT molecular complexity index is 642. The van der Waals surface area contributed by atoms with Crippen LogP contribution in [-0.4, -0.2) is 53.8 Å². The summed E-state index contributed by atoms with van der Waals surface area (Å²) in [4.78, 5) is 29.4. The SMILES string of the molecule is CCC(CC)(CN)C(=O)N1CCN(C(=O)Cc2cccc(Cl)c2)C(C)C1.Cl. The Balaban J connectivity index is 0.00000364. The molecule has 0 bridgehead atoms. The van der Waals surface area contributed by atoms with Gasteiger partial charge in [-0.05, 0) is 37.5 Å². The van der Waals surface area contributed by atoms with Crippen molar-refractivity contribution in [2.75, 3.05) is 26.2 Å². The fourth-order valence-electron chi connectivity index (χ4n) is 3.70. The summed E-state index contributed by atoms with van der Waals surface area (Å²) in [5.41, 5.74) is 6.35. The first-order chi connectivity index (χ1) is 12.4. The van der Waals surface area contributed by atoms with E-state index in [0.29, 0.717) is 37.6 Å². The Morgan fingerprint density at radius 2 is 1.93 bits per heavy atom. The second-order valence-corrected chi connectivity index (χ2v) is 7.62. The predicted octanol–water partition coefficient (Wildman–Crippen LogP) is 3.13. The summed E-state index contributed by atoms with van der Waals surface area (Å²) >= 11 is 6.00. The fraction of sp³-hybridized carbons (Fsp3) is 0.600. The van der Waals surface area contributed by atoms with Crippen molar-refractivity contribution in [3.05, 3.63) is 34.9 Å². The number of carbonyl (C=O) groups is 2. The zero-order valence-electron chi connectivity index (χ0n) is 16.4. The van der Waals surface area contributed by atoms with E-state index in [1.54, 1.807) is 6.07 Å². The van der Waals surface area contributed by atoms with Gasteiger partial charge in [-0.25, -0.2) is 0 Å². The van der Waals surface area contributed by atoms with Crippen LogP contribution in [0.25, 0.3) is 0 Å². The maximum absolute atomic E-state index is 13.0. The second-order valence-electron chi connectivity index (χ2n) is 7.19. The number of carbonyl (C=O) groups excluding carboxylic acids is 2. The van der Waals surface area contributed by atoms with Gasteiger partial charge in [-0.2, -0.15) is 0 Å². The molecule has 1 aliphatic rings. The average Bonchev–Trinajstić information content (AvgIpc) is 2.63. The number of hydrogen-bond acceptors (Lipinski definition) is 3. The van der Waals surface area contributed by atoms with Gasteiger partial charge in [0.15, 0.2) is 0 Å². The molecule has 0 radical (unpaired) electrons. The van der Waals surface area contributed by atoms with Crippen molar-refractivity contribution >= 4 is 35.8 Å². The number of hydrogen-bond donors (Lipinski definition) is 1. The van der Waals surface area contributed by atoms with E-state index in [2.05, 4.69) is 0 Å². The summed E-state index contributed by atoms with van der Waals surface area (Å²) in [6, 6.07) is 7.37. The molecule has 2 rings (SSSR count). The third-order valence-corrected chi connectivity index (χ3v) is 5.91. The lowest BCUT2D eigenvalue weighted by molar-refractivity contribution is -0.149. The van der Waals surface area contributed by atoms with Gasteiger partial charge >= 0.3 is 0 Å². The highest BCUT2D eigenvalue weighted by Gasteiger charge is 2.39. The molecule has 1 aliphatic heterocycles. The van der Waals surface area contributed by atoms with Crippen LogP contribution in [0.5, 0.6) is 0 Å². The van der Waals surface area contributed by atoms with Crippen LogP contribution < -0.4 is 5.73 Å². The van der Waals surface area contributed by atoms with Gasteiger partial charge in [-0.3, -0.25) is 9.59 Å². The van der Waals surface area contributed by atoms with Gasteiger partial charge in [0.2, 0.25) is 11.8 Å². The Morgan fingerprint density at radius 3 is 2.44 bits per heavy atom. The topological polar surface area (TPSA) is 66.6 Å². The van der Waals surface area contributed by atoms with E-state index in [1.165, 1.54) is 0 Å². The first-order valence-corrected chi connectivity index (χ1v) is 9.78. The van der Waals surface area contributed by atoms with Crippen molar-refractivity contribution in [2.45, 2.75) is 46.1 Å². The number of nitrogens with zero attached hydrogens (tertiary/aromatic N) is 2. The number of piperazine rings is 1. The largest absolute Gasteiger partial charge is 0.338 e. The van der Waals surface area contributed by atoms with Crippen molar-refractivity contribution in [3.8, 4) is 0 Å². The molecule has 0 aromatic heterocycles. The van der Waals surface area contributed by atoms with E-state index in [-0.39, 0.29) is 30.3 Å². The van der Waals surface area contributed by atoms with Crippen molar-refractivity contribution in [3.63, 3.8) is 0 Å². The van der Waals surface area contributed by atoms with Crippen LogP contribution in [0.2, 0.25) is 5.02 Å². The molecule has 0 saturated carbocycles. The zero-order chi connectivity index (χ0) is 19.3. The molecule has 5 nitrogen and oxygen atoms in total. The summed E-state index contributed by atoms with van der Waals surface area (Å²) in [5, 5.41) is 0.635. The summed E-state index contributed by atoms with van der Waals surface area (Å²) in [5.74, 6) is 0.196. The summed E-state index contributed by atoms with van der Waals surface area (Å²) in [6.45, 7) is 8.07. The van der Waals surface area contributed by atoms with E-state index >= 15 is 0 Å². The molecule has 1 fully saturated rings. The van der Waals surface area contributed by atoms with Crippen LogP contribution in [0.4, 0.5) is 0 Å². The van der Waals surface area contributed by atoms with Gasteiger partial charge in [0.1, 0.15) is 0 Å². The molecule has 1 aromatic rings. The molecule has 1 saturated heterocycles. The molecular weight excluding hydrogens is 385 g/mol. The lowest BCUT2D eigenvalue weighted by atomic mass is 9.80. The Hall–Kier alpha value is -1.30. The smallest absolute Gasteiger partial charge is 0.230 e. The lowest BCUT2D eigenvalue weighted by Gasteiger charge is -2.43. The maximum Gasteiger partial charge on any atom is 0.230 e. The van der Waals surface area contributed by atoms with Gasteiger partial charge in [0.25, 0.3) is 0 Å². The Kier molecular flexibility index (Phi) is 9.06. The minimum Gasteiger partial charge on any atom is -0.338 e. The Morgan fingerprint density at radius 1 is 1.26 bits per heavy atom. The molecule has 7 heteroatoms. The molecule has 0 aliphatic carbocycles. The van der Waals surface area contributed by atoms with E-state index in [9.17, 15) is 9.59 Å². The third kappa shape index (κ3) is 5.37. The molecule has 27 heavy (non-hydrogen) atoms. The zero-order valence-corrected chi connectivity index (χ0v) is 18.0. The van der Waals surface area contributed by atoms with E-state index in [0.717, 1.165) is 18.4 Å². The van der Waals surface area contributed by atoms with Crippen LogP contribution >= 0.6 is 24.0 Å². The van der Waals surface area contributed by atoms with E-state index in [1.807, 2.05) is 48.8 Å². The van der Waals surface area contributed by atoms with Crippen LogP contribution in [0.3, 0.4) is 0 Å². The third-order valence-electron chi connectivity index (χ3n) is 5.68. The molecule has 2 N–H and O–H groups in total. The van der Waals surface area contributed by atoms with Gasteiger partial charge in [0, 0.05) is 37.2 Å². The first-order valence-electron chi connectivity index (χ1n) is 9.40. The molecule has 1 unspecified atom stereocenters. The fourth-order valence-corrected chi connectivity index (χ4v) is 3.91. The highest BCUT2D eigenvalue weighted by atomic mass is 35.5. The van der Waals surface area contributed by atoms with Crippen molar-refractivity contribution in [2.24, 2.45) is 11.1 Å². The minimum absolute atomic E-state index is 0. The average molecular weight is 416 g/mol. The molecule has 1 heterocycles. The lowest BCUT2D eigenvalue weighted by Crippen LogP contribution is -2.59. The highest BCUT2D eigenvalue weighted by molar-refractivity contribution is 6.30. The number of benzene rings is 1. The van der Waals surface area contributed by atoms with Gasteiger partial charge in [-0.1, -0.05) is 37.6 Å². The number of nitrogens with two attached hydrogens (primary N) is 1. The first kappa shape index (κ1) is 23.7. The molecular formula is C20H31Cl2N3O2. The molecule has 2 amide bonds. The van der Waals surface area contributed by atoms with Crippen LogP contribution in [0.15, 0.2) is 24.3 Å². The Labute approximate surface area is 173 Å². The maximum atomic E-state index is 13.0. The van der Waals surface area contributed by atoms with Gasteiger partial charge in [-0.15, -0.1) is 12.4 Å². The minimum atomic E-state index is -0.479.